The van der Waals surface area contributed by atoms with Gasteiger partial charge in [0.05, 0.1) is 12.0 Å². The van der Waals surface area contributed by atoms with Gasteiger partial charge >= 0.3 is 6.03 Å². The minimum Gasteiger partial charge on any atom is -0.495 e. The fourth-order valence-corrected chi connectivity index (χ4v) is 4.25. The van der Waals surface area contributed by atoms with E-state index in [4.69, 9.17) is 16.3 Å². The topological polar surface area (TPSA) is 97.4 Å². The van der Waals surface area contributed by atoms with Gasteiger partial charge in [-0.15, -0.1) is 0 Å². The molecule has 0 aliphatic rings. The van der Waals surface area contributed by atoms with E-state index in [0.29, 0.717) is 12.2 Å². The number of rotatable bonds is 6. The number of aromatic nitrogens is 1. The van der Waals surface area contributed by atoms with Crippen LogP contribution in [0, 0.1) is 0 Å². The van der Waals surface area contributed by atoms with Gasteiger partial charge in [0.15, 0.2) is 0 Å². The molecule has 0 fully saturated rings. The van der Waals surface area contributed by atoms with Gasteiger partial charge in [0.1, 0.15) is 10.6 Å². The third-order valence-electron chi connectivity index (χ3n) is 4.01. The molecule has 2 amide bonds. The van der Waals surface area contributed by atoms with Gasteiger partial charge < -0.3 is 15.4 Å². The molecule has 3 rings (SSSR count). The summed E-state index contributed by atoms with van der Waals surface area (Å²) in [5.74, 6) is 0.200. The Bertz CT molecular complexity index is 1100. The number of nitrogens with zero attached hydrogens (tertiary/aromatic N) is 1. The minimum absolute atomic E-state index is 0.0255. The molecule has 0 unspecified atom stereocenters. The zero-order valence-corrected chi connectivity index (χ0v) is 17.0. The van der Waals surface area contributed by atoms with E-state index in [1.165, 1.54) is 43.5 Å². The van der Waals surface area contributed by atoms with Crippen molar-refractivity contribution in [2.75, 3.05) is 12.4 Å². The number of carbonyl (C=O) groups is 1. The molecule has 1 aromatic heterocycles. The van der Waals surface area contributed by atoms with Gasteiger partial charge in [0.25, 0.3) is 0 Å². The van der Waals surface area contributed by atoms with Gasteiger partial charge in [-0.3, -0.25) is 4.98 Å². The smallest absolute Gasteiger partial charge is 0.319 e. The second-order valence-corrected chi connectivity index (χ2v) is 8.35. The summed E-state index contributed by atoms with van der Waals surface area (Å²) in [4.78, 5) is 16.0. The zero-order chi connectivity index (χ0) is 20.9. The molecule has 0 aliphatic carbocycles. The Morgan fingerprint density at radius 1 is 1.14 bits per heavy atom. The first-order valence-electron chi connectivity index (χ1n) is 8.52. The molecule has 2 aromatic carbocycles. The molecule has 2 N–H and O–H groups in total. The summed E-state index contributed by atoms with van der Waals surface area (Å²) in [6, 6.07) is 13.4. The first-order valence-corrected chi connectivity index (χ1v) is 10.4. The van der Waals surface area contributed by atoms with Crippen LogP contribution >= 0.6 is 11.6 Å². The summed E-state index contributed by atoms with van der Waals surface area (Å²) < 4.78 is 31.0. The normalized spacial score (nSPS) is 11.0. The van der Waals surface area contributed by atoms with E-state index < -0.39 is 15.9 Å². The lowest BCUT2D eigenvalue weighted by molar-refractivity contribution is 0.251. The number of ether oxygens (including phenoxy) is 1. The van der Waals surface area contributed by atoms with Gasteiger partial charge in [-0.2, -0.15) is 0 Å². The van der Waals surface area contributed by atoms with Crippen LogP contribution in [0.3, 0.4) is 0 Å². The molecule has 0 atom stereocenters. The highest BCUT2D eigenvalue weighted by molar-refractivity contribution is 7.91. The number of hydrogen-bond donors (Lipinski definition) is 2. The van der Waals surface area contributed by atoms with E-state index in [2.05, 4.69) is 15.6 Å². The average Bonchev–Trinajstić information content (AvgIpc) is 2.73. The van der Waals surface area contributed by atoms with Crippen LogP contribution < -0.4 is 15.4 Å². The summed E-state index contributed by atoms with van der Waals surface area (Å²) >= 11 is 5.95. The molecule has 0 saturated carbocycles. The Morgan fingerprint density at radius 3 is 2.55 bits per heavy atom. The number of nitrogens with one attached hydrogen (secondary N) is 2. The van der Waals surface area contributed by atoms with Crippen LogP contribution in [0.25, 0.3) is 0 Å². The number of hydrogen-bond acceptors (Lipinski definition) is 5. The van der Waals surface area contributed by atoms with E-state index in [0.717, 1.165) is 5.56 Å². The number of anilines is 1. The van der Waals surface area contributed by atoms with Crippen molar-refractivity contribution in [1.82, 2.24) is 10.3 Å². The lowest BCUT2D eigenvalue weighted by atomic mass is 10.3. The molecule has 0 spiro atoms. The molecule has 7 nitrogen and oxygen atoms in total. The Balaban J connectivity index is 1.71. The molecule has 29 heavy (non-hydrogen) atoms. The predicted octanol–water partition coefficient (Wildman–Crippen LogP) is 3.90. The van der Waals surface area contributed by atoms with E-state index in [-0.39, 0.29) is 20.6 Å². The van der Waals surface area contributed by atoms with Crippen LogP contribution in [0.5, 0.6) is 5.75 Å². The maximum Gasteiger partial charge on any atom is 0.319 e. The second-order valence-electron chi connectivity index (χ2n) is 5.99. The van der Waals surface area contributed by atoms with Crippen molar-refractivity contribution < 1.29 is 17.9 Å². The summed E-state index contributed by atoms with van der Waals surface area (Å²) in [5.41, 5.74) is 1.31. The molecule has 9 heteroatoms. The molecule has 3 aromatic rings. The molecule has 0 saturated heterocycles. The highest BCUT2D eigenvalue weighted by Crippen LogP contribution is 2.32. The van der Waals surface area contributed by atoms with E-state index in [9.17, 15) is 13.2 Å². The predicted molar refractivity (Wildman–Crippen MR) is 110 cm³/mol. The maximum atomic E-state index is 12.9. The van der Waals surface area contributed by atoms with Gasteiger partial charge in [-0.25, -0.2) is 13.2 Å². The Morgan fingerprint density at radius 2 is 1.90 bits per heavy atom. The van der Waals surface area contributed by atoms with Crippen LogP contribution in [0.1, 0.15) is 5.56 Å². The Kier molecular flexibility index (Phi) is 6.36. The van der Waals surface area contributed by atoms with Crippen molar-refractivity contribution in [3.05, 3.63) is 77.6 Å². The van der Waals surface area contributed by atoms with E-state index in [1.54, 1.807) is 24.5 Å². The number of amides is 2. The van der Waals surface area contributed by atoms with Crippen molar-refractivity contribution in [3.63, 3.8) is 0 Å². The summed E-state index contributed by atoms with van der Waals surface area (Å²) in [5, 5.41) is 5.64. The third kappa shape index (κ3) is 5.04. The second kappa shape index (κ2) is 8.93. The number of sulfone groups is 1. The number of carbonyl (C=O) groups excluding carboxylic acids is 1. The lowest BCUT2D eigenvalue weighted by Gasteiger charge is -2.11. The Hall–Kier alpha value is -3.10. The van der Waals surface area contributed by atoms with Crippen LogP contribution in [-0.4, -0.2) is 26.5 Å². The fourth-order valence-electron chi connectivity index (χ4n) is 2.57. The molecular formula is C20H18ClN3O4S. The van der Waals surface area contributed by atoms with Crippen molar-refractivity contribution >= 4 is 33.2 Å². The summed E-state index contributed by atoms with van der Waals surface area (Å²) in [6.45, 7) is 0.320. The van der Waals surface area contributed by atoms with Crippen molar-refractivity contribution in [2.45, 2.75) is 16.3 Å². The highest BCUT2D eigenvalue weighted by atomic mass is 35.5. The number of pyridine rings is 1. The standard InChI is InChI=1S/C20H18ClN3O4S/c1-28-18-9-4-15(21)11-19(18)29(26,27)17-7-5-16(6-8-17)24-20(25)23-13-14-3-2-10-22-12-14/h2-12H,13H2,1H3,(H2,23,24,25). The highest BCUT2D eigenvalue weighted by Gasteiger charge is 2.22. The van der Waals surface area contributed by atoms with Crippen LogP contribution in [0.15, 0.2) is 76.8 Å². The molecule has 0 aliphatic heterocycles. The number of halogens is 1. The summed E-state index contributed by atoms with van der Waals surface area (Å²) in [7, 11) is -2.45. The zero-order valence-electron chi connectivity index (χ0n) is 15.4. The first-order chi connectivity index (χ1) is 13.9. The number of urea groups is 1. The fraction of sp³-hybridized carbons (Fsp3) is 0.100. The monoisotopic (exact) mass is 431 g/mol. The van der Waals surface area contributed by atoms with Gasteiger partial charge in [0, 0.05) is 29.6 Å². The van der Waals surface area contributed by atoms with Crippen molar-refractivity contribution in [2.24, 2.45) is 0 Å². The molecule has 150 valence electrons. The first kappa shape index (κ1) is 20.6. The van der Waals surface area contributed by atoms with Gasteiger partial charge in [-0.05, 0) is 54.1 Å². The van der Waals surface area contributed by atoms with Gasteiger partial charge in [-0.1, -0.05) is 17.7 Å². The largest absolute Gasteiger partial charge is 0.495 e. The lowest BCUT2D eigenvalue weighted by Crippen LogP contribution is -2.28. The van der Waals surface area contributed by atoms with Crippen LogP contribution in [-0.2, 0) is 16.4 Å². The molecule has 0 bridgehead atoms. The molecular weight excluding hydrogens is 414 g/mol. The van der Waals surface area contributed by atoms with Crippen molar-refractivity contribution in [1.29, 1.82) is 0 Å². The van der Waals surface area contributed by atoms with Crippen molar-refractivity contribution in [3.8, 4) is 5.75 Å². The number of methoxy groups -OCH3 is 1. The van der Waals surface area contributed by atoms with Crippen LogP contribution in [0.4, 0.5) is 10.5 Å². The maximum absolute atomic E-state index is 12.9. The molecule has 0 radical (unpaired) electrons. The van der Waals surface area contributed by atoms with E-state index >= 15 is 0 Å². The van der Waals surface area contributed by atoms with Gasteiger partial charge in [0.2, 0.25) is 9.84 Å². The van der Waals surface area contributed by atoms with Crippen LogP contribution in [0.2, 0.25) is 5.02 Å². The number of benzene rings is 2. The van der Waals surface area contributed by atoms with E-state index in [1.807, 2.05) is 6.07 Å². The third-order valence-corrected chi connectivity index (χ3v) is 6.04. The quantitative estimate of drug-likeness (QED) is 0.616. The average molecular weight is 432 g/mol. The minimum atomic E-state index is -3.84. The summed E-state index contributed by atoms with van der Waals surface area (Å²) in [6.07, 6.45) is 3.31. The SMILES string of the molecule is COc1ccc(Cl)cc1S(=O)(=O)c1ccc(NC(=O)NCc2cccnc2)cc1. The Labute approximate surface area is 173 Å². The molecule has 1 heterocycles.